The highest BCUT2D eigenvalue weighted by Gasteiger charge is 2.31. The lowest BCUT2D eigenvalue weighted by Crippen LogP contribution is -2.11. The topological polar surface area (TPSA) is 98.1 Å². The van der Waals surface area contributed by atoms with E-state index in [0.29, 0.717) is 24.6 Å². The number of hydrogen-bond acceptors (Lipinski definition) is 6. The predicted octanol–water partition coefficient (Wildman–Crippen LogP) is 4.02. The average Bonchev–Trinajstić information content (AvgIpc) is 3.43. The Morgan fingerprint density at radius 3 is 2.55 bits per heavy atom. The molecule has 0 saturated heterocycles. The number of alkyl halides is 2. The van der Waals surface area contributed by atoms with Gasteiger partial charge in [-0.05, 0) is 23.3 Å². The van der Waals surface area contributed by atoms with Crippen LogP contribution in [-0.4, -0.2) is 40.4 Å². The van der Waals surface area contributed by atoms with Crippen molar-refractivity contribution in [2.45, 2.75) is 45.6 Å². The molecule has 0 radical (unpaired) electrons. The van der Waals surface area contributed by atoms with Crippen molar-refractivity contribution in [2.75, 3.05) is 0 Å². The van der Waals surface area contributed by atoms with Gasteiger partial charge in [-0.2, -0.15) is 14.0 Å². The lowest BCUT2D eigenvalue weighted by Gasteiger charge is -2.08. The van der Waals surface area contributed by atoms with Crippen LogP contribution >= 0.6 is 0 Å². The van der Waals surface area contributed by atoms with Crippen LogP contribution in [-0.2, 0) is 18.9 Å². The largest absolute Gasteiger partial charge is 0.305 e. The van der Waals surface area contributed by atoms with Gasteiger partial charge in [0.05, 0.1) is 5.69 Å². The van der Waals surface area contributed by atoms with Gasteiger partial charge in [-0.1, -0.05) is 43.7 Å². The van der Waals surface area contributed by atoms with Crippen LogP contribution in [0.3, 0.4) is 0 Å². The Morgan fingerprint density at radius 1 is 1.10 bits per heavy atom. The standard InChI is InChI=1S/C21H22F2N8/c1-3-4-11-31-18(25-20(28-31)21(2,22)23)12-14-9-10-17(24-13-14)15-7-5-6-8-16(15)19-26-29-30-27-19/h5-10,13H,3-4,11-12H2,1-2H3,(H,26,27,29,30). The van der Waals surface area contributed by atoms with Crippen LogP contribution in [0.5, 0.6) is 0 Å². The molecule has 160 valence electrons. The smallest absolute Gasteiger partial charge is 0.256 e. The summed E-state index contributed by atoms with van der Waals surface area (Å²) in [6.45, 7) is 3.41. The van der Waals surface area contributed by atoms with Crippen molar-refractivity contribution < 1.29 is 8.78 Å². The van der Waals surface area contributed by atoms with Crippen LogP contribution < -0.4 is 0 Å². The molecule has 0 aliphatic rings. The summed E-state index contributed by atoms with van der Waals surface area (Å²) < 4.78 is 29.1. The van der Waals surface area contributed by atoms with E-state index in [-0.39, 0.29) is 0 Å². The third kappa shape index (κ3) is 4.62. The minimum atomic E-state index is -3.08. The van der Waals surface area contributed by atoms with Gasteiger partial charge in [-0.3, -0.25) is 4.98 Å². The van der Waals surface area contributed by atoms with Gasteiger partial charge in [-0.25, -0.2) is 9.67 Å². The molecule has 0 aliphatic heterocycles. The monoisotopic (exact) mass is 424 g/mol. The molecular weight excluding hydrogens is 402 g/mol. The molecule has 3 heterocycles. The zero-order chi connectivity index (χ0) is 21.8. The Labute approximate surface area is 177 Å². The number of aryl methyl sites for hydroxylation is 1. The van der Waals surface area contributed by atoms with E-state index in [0.717, 1.165) is 42.1 Å². The first-order valence-electron chi connectivity index (χ1n) is 10.1. The number of aromatic amines is 1. The number of rotatable bonds is 8. The lowest BCUT2D eigenvalue weighted by atomic mass is 10.0. The molecule has 1 aromatic carbocycles. The summed E-state index contributed by atoms with van der Waals surface area (Å²) >= 11 is 0. The second kappa shape index (κ2) is 8.66. The molecule has 0 saturated carbocycles. The van der Waals surface area contributed by atoms with Gasteiger partial charge in [-0.15, -0.1) is 15.3 Å². The van der Waals surface area contributed by atoms with E-state index in [4.69, 9.17) is 0 Å². The Morgan fingerprint density at radius 2 is 1.90 bits per heavy atom. The predicted molar refractivity (Wildman–Crippen MR) is 110 cm³/mol. The summed E-state index contributed by atoms with van der Waals surface area (Å²) in [7, 11) is 0. The molecule has 0 atom stereocenters. The minimum Gasteiger partial charge on any atom is -0.256 e. The first-order chi connectivity index (χ1) is 15.0. The number of halogens is 2. The van der Waals surface area contributed by atoms with Crippen LogP contribution in [0.1, 0.15) is 43.9 Å². The molecule has 10 heteroatoms. The maximum Gasteiger partial charge on any atom is 0.305 e. The molecule has 31 heavy (non-hydrogen) atoms. The van der Waals surface area contributed by atoms with E-state index in [9.17, 15) is 8.78 Å². The van der Waals surface area contributed by atoms with Crippen molar-refractivity contribution in [2.24, 2.45) is 0 Å². The summed E-state index contributed by atoms with van der Waals surface area (Å²) in [6.07, 6.45) is 3.87. The fourth-order valence-electron chi connectivity index (χ4n) is 3.23. The Balaban J connectivity index is 1.60. The molecule has 0 unspecified atom stereocenters. The highest BCUT2D eigenvalue weighted by Crippen LogP contribution is 2.29. The molecule has 4 aromatic rings. The summed E-state index contributed by atoms with van der Waals surface area (Å²) in [5.41, 5.74) is 3.29. The summed E-state index contributed by atoms with van der Waals surface area (Å²) in [4.78, 5) is 8.68. The molecule has 0 spiro atoms. The molecule has 0 aliphatic carbocycles. The van der Waals surface area contributed by atoms with Gasteiger partial charge >= 0.3 is 5.92 Å². The van der Waals surface area contributed by atoms with Crippen LogP contribution in [0.15, 0.2) is 42.6 Å². The number of pyridine rings is 1. The molecule has 1 N–H and O–H groups in total. The van der Waals surface area contributed by atoms with Crippen LogP contribution in [0, 0.1) is 0 Å². The maximum atomic E-state index is 13.7. The second-order valence-electron chi connectivity index (χ2n) is 7.33. The van der Waals surface area contributed by atoms with Crippen LogP contribution in [0.4, 0.5) is 8.78 Å². The third-order valence-electron chi connectivity index (χ3n) is 4.84. The Hall–Kier alpha value is -3.56. The van der Waals surface area contributed by atoms with Crippen molar-refractivity contribution in [3.63, 3.8) is 0 Å². The van der Waals surface area contributed by atoms with Crippen LogP contribution in [0.25, 0.3) is 22.6 Å². The molecule has 3 aromatic heterocycles. The Bertz CT molecular complexity index is 1130. The van der Waals surface area contributed by atoms with E-state index in [1.54, 1.807) is 10.9 Å². The van der Waals surface area contributed by atoms with Gasteiger partial charge in [0.25, 0.3) is 0 Å². The van der Waals surface area contributed by atoms with E-state index in [2.05, 4.69) is 35.7 Å². The van der Waals surface area contributed by atoms with Crippen molar-refractivity contribution in [3.8, 4) is 22.6 Å². The van der Waals surface area contributed by atoms with E-state index >= 15 is 0 Å². The normalized spacial score (nSPS) is 11.7. The summed E-state index contributed by atoms with van der Waals surface area (Å²) in [5.74, 6) is -2.53. The van der Waals surface area contributed by atoms with Gasteiger partial charge in [0.2, 0.25) is 11.6 Å². The van der Waals surface area contributed by atoms with Gasteiger partial charge in [0.1, 0.15) is 5.82 Å². The number of tetrazole rings is 1. The van der Waals surface area contributed by atoms with Crippen molar-refractivity contribution in [1.82, 2.24) is 40.4 Å². The fourth-order valence-corrected chi connectivity index (χ4v) is 3.23. The zero-order valence-electron chi connectivity index (χ0n) is 17.3. The quantitative estimate of drug-likeness (QED) is 0.459. The van der Waals surface area contributed by atoms with Crippen LogP contribution in [0.2, 0.25) is 0 Å². The van der Waals surface area contributed by atoms with E-state index in [1.807, 2.05) is 43.3 Å². The van der Waals surface area contributed by atoms with Gasteiger partial charge in [0.15, 0.2) is 0 Å². The zero-order valence-corrected chi connectivity index (χ0v) is 17.3. The van der Waals surface area contributed by atoms with Crippen molar-refractivity contribution in [3.05, 3.63) is 59.8 Å². The minimum absolute atomic E-state index is 0.368. The first kappa shape index (κ1) is 20.7. The third-order valence-corrected chi connectivity index (χ3v) is 4.84. The number of unbranched alkanes of at least 4 members (excludes halogenated alkanes) is 1. The molecular formula is C21H22F2N8. The van der Waals surface area contributed by atoms with Gasteiger partial charge in [0, 0.05) is 37.2 Å². The number of benzene rings is 1. The number of nitrogens with one attached hydrogen (secondary N) is 1. The highest BCUT2D eigenvalue weighted by molar-refractivity contribution is 5.78. The molecule has 0 fully saturated rings. The van der Waals surface area contributed by atoms with Crippen molar-refractivity contribution in [1.29, 1.82) is 0 Å². The number of nitrogens with zero attached hydrogens (tertiary/aromatic N) is 7. The van der Waals surface area contributed by atoms with E-state index < -0.39 is 11.7 Å². The number of hydrogen-bond donors (Lipinski definition) is 1. The maximum absolute atomic E-state index is 13.7. The molecule has 0 bridgehead atoms. The number of H-pyrrole nitrogens is 1. The molecule has 4 rings (SSSR count). The first-order valence-corrected chi connectivity index (χ1v) is 10.1. The fraction of sp³-hybridized carbons (Fsp3) is 0.333. The summed E-state index contributed by atoms with van der Waals surface area (Å²) in [6, 6.07) is 11.4. The SMILES string of the molecule is CCCCn1nc(C(C)(F)F)nc1Cc1ccc(-c2ccccc2-c2nn[nH]n2)nc1. The number of aromatic nitrogens is 8. The van der Waals surface area contributed by atoms with Crippen molar-refractivity contribution >= 4 is 0 Å². The Kier molecular flexibility index (Phi) is 5.79. The molecule has 0 amide bonds. The average molecular weight is 424 g/mol. The summed E-state index contributed by atoms with van der Waals surface area (Å²) in [5, 5.41) is 18.2. The highest BCUT2D eigenvalue weighted by atomic mass is 19.3. The van der Waals surface area contributed by atoms with Gasteiger partial charge < -0.3 is 0 Å². The lowest BCUT2D eigenvalue weighted by molar-refractivity contribution is 0.00751. The molecule has 8 nitrogen and oxygen atoms in total. The van der Waals surface area contributed by atoms with E-state index in [1.165, 1.54) is 0 Å². The second-order valence-corrected chi connectivity index (χ2v) is 7.33.